The Labute approximate surface area is 275 Å². The van der Waals surface area contributed by atoms with Gasteiger partial charge in [0, 0.05) is 95.3 Å². The molecule has 0 aliphatic carbocycles. The van der Waals surface area contributed by atoms with Crippen LogP contribution in [0.25, 0.3) is 78.1 Å². The van der Waals surface area contributed by atoms with Gasteiger partial charge in [0.15, 0.2) is 0 Å². The lowest BCUT2D eigenvalue weighted by Crippen LogP contribution is -1.98. The predicted molar refractivity (Wildman–Crippen MR) is 182 cm³/mol. The smallest absolute Gasteiger partial charge is 0.115 e. The minimum atomic E-state index is 0.802. The summed E-state index contributed by atoms with van der Waals surface area (Å²) >= 11 is 0. The molecule has 48 heavy (non-hydrogen) atoms. The van der Waals surface area contributed by atoms with Crippen LogP contribution in [0, 0.1) is 0 Å². The third kappa shape index (κ3) is 5.54. The third-order valence-corrected chi connectivity index (χ3v) is 7.94. The predicted octanol–water partition coefficient (Wildman–Crippen LogP) is 7.31. The second-order valence-corrected chi connectivity index (χ2v) is 10.8. The highest BCUT2D eigenvalue weighted by Gasteiger charge is 2.22. The number of hydrogen-bond acceptors (Lipinski definition) is 10. The van der Waals surface area contributed by atoms with Crippen molar-refractivity contribution in [2.24, 2.45) is 0 Å². The van der Waals surface area contributed by atoms with E-state index in [0.29, 0.717) is 0 Å². The average molecular weight is 621 g/mol. The molecular weight excluding hydrogens is 596 g/mol. The summed E-state index contributed by atoms with van der Waals surface area (Å²) < 4.78 is 0. The first-order valence-electron chi connectivity index (χ1n) is 15.0. The van der Waals surface area contributed by atoms with Crippen molar-refractivity contribution in [1.82, 2.24) is 49.8 Å². The molecule has 226 valence electrons. The highest BCUT2D eigenvalue weighted by molar-refractivity contribution is 6.00. The number of benzene rings is 2. The monoisotopic (exact) mass is 620 g/mol. The van der Waals surface area contributed by atoms with Crippen molar-refractivity contribution >= 4 is 0 Å². The van der Waals surface area contributed by atoms with E-state index >= 15 is 0 Å². The van der Waals surface area contributed by atoms with E-state index in [1.165, 1.54) is 25.3 Å². The second kappa shape index (κ2) is 12.8. The van der Waals surface area contributed by atoms with E-state index in [4.69, 9.17) is 9.97 Å². The molecule has 0 atom stereocenters. The van der Waals surface area contributed by atoms with Crippen molar-refractivity contribution in [2.45, 2.75) is 0 Å². The molecule has 0 fully saturated rings. The zero-order valence-electron chi connectivity index (χ0n) is 25.3. The zero-order valence-corrected chi connectivity index (χ0v) is 25.3. The fourth-order valence-corrected chi connectivity index (χ4v) is 5.85. The van der Waals surface area contributed by atoms with E-state index in [2.05, 4.69) is 64.1 Å². The summed E-state index contributed by atoms with van der Waals surface area (Å²) in [7, 11) is 0. The van der Waals surface area contributed by atoms with Crippen LogP contribution < -0.4 is 0 Å². The summed E-state index contributed by atoms with van der Waals surface area (Å²) in [4.78, 5) is 44.4. The third-order valence-electron chi connectivity index (χ3n) is 7.94. The zero-order chi connectivity index (χ0) is 32.1. The fourth-order valence-electron chi connectivity index (χ4n) is 5.85. The quantitative estimate of drug-likeness (QED) is 0.179. The summed E-state index contributed by atoms with van der Waals surface area (Å²) in [5.74, 6) is 0. The van der Waals surface area contributed by atoms with Crippen LogP contribution in [-0.2, 0) is 0 Å². The summed E-state index contributed by atoms with van der Waals surface area (Å²) in [6, 6.07) is 20.4. The van der Waals surface area contributed by atoms with E-state index < -0.39 is 0 Å². The Balaban J connectivity index is 1.48. The van der Waals surface area contributed by atoms with Gasteiger partial charge in [0.05, 0.1) is 11.4 Å². The molecule has 6 heterocycles. The van der Waals surface area contributed by atoms with Gasteiger partial charge in [-0.1, -0.05) is 12.1 Å². The molecule has 0 spiro atoms. The van der Waals surface area contributed by atoms with Crippen molar-refractivity contribution in [3.63, 3.8) is 0 Å². The molecule has 0 aliphatic rings. The average Bonchev–Trinajstić information content (AvgIpc) is 3.19. The van der Waals surface area contributed by atoms with Gasteiger partial charge in [-0.15, -0.1) is 0 Å². The fraction of sp³-hybridized carbons (Fsp3) is 0. The van der Waals surface area contributed by atoms with E-state index in [0.717, 1.165) is 78.1 Å². The number of pyridine rings is 2. The first kappa shape index (κ1) is 28.5. The standard InChI is InChI=1S/C38H24N10/c1-3-7-47-35(5-1)37-31(27-13-39-21-40-14-27)9-25(10-32(37)28-15-41-22-42-16-28)26-11-33(29-17-43-23-44-18-29)38(36-6-2-4-8-48-36)34(12-26)30-19-45-24-46-20-30/h1-24H. The molecule has 0 saturated carbocycles. The largest absolute Gasteiger partial charge is 0.256 e. The van der Waals surface area contributed by atoms with Gasteiger partial charge in [-0.05, 0) is 81.9 Å². The molecule has 0 N–H and O–H groups in total. The van der Waals surface area contributed by atoms with Crippen LogP contribution in [0.4, 0.5) is 0 Å². The maximum Gasteiger partial charge on any atom is 0.115 e. The Bertz CT molecular complexity index is 2020. The molecule has 6 aromatic heterocycles. The van der Waals surface area contributed by atoms with Crippen molar-refractivity contribution in [3.8, 4) is 78.1 Å². The maximum atomic E-state index is 4.76. The molecule has 0 bridgehead atoms. The van der Waals surface area contributed by atoms with Crippen molar-refractivity contribution in [3.05, 3.63) is 148 Å². The van der Waals surface area contributed by atoms with Crippen molar-refractivity contribution in [1.29, 1.82) is 0 Å². The molecule has 0 aliphatic heterocycles. The van der Waals surface area contributed by atoms with Crippen LogP contribution in [0.5, 0.6) is 0 Å². The first-order chi connectivity index (χ1) is 23.8. The summed E-state index contributed by atoms with van der Waals surface area (Å²) in [5.41, 5.74) is 12.3. The molecule has 8 rings (SSSR count). The van der Waals surface area contributed by atoms with Crippen LogP contribution >= 0.6 is 0 Å². The van der Waals surface area contributed by atoms with Crippen molar-refractivity contribution < 1.29 is 0 Å². The molecule has 0 saturated heterocycles. The number of aromatic nitrogens is 10. The van der Waals surface area contributed by atoms with Gasteiger partial charge in [0.1, 0.15) is 25.3 Å². The van der Waals surface area contributed by atoms with E-state index in [1.807, 2.05) is 86.0 Å². The molecule has 8 aromatic rings. The van der Waals surface area contributed by atoms with Gasteiger partial charge in [-0.25, -0.2) is 39.9 Å². The number of nitrogens with zero attached hydrogens (tertiary/aromatic N) is 10. The normalized spacial score (nSPS) is 10.9. The first-order valence-corrected chi connectivity index (χ1v) is 15.0. The van der Waals surface area contributed by atoms with Crippen molar-refractivity contribution in [2.75, 3.05) is 0 Å². The number of hydrogen-bond donors (Lipinski definition) is 0. The Kier molecular flexibility index (Phi) is 7.62. The lowest BCUT2D eigenvalue weighted by Gasteiger charge is -2.20. The molecule has 10 heteroatoms. The highest BCUT2D eigenvalue weighted by atomic mass is 14.8. The van der Waals surface area contributed by atoms with E-state index in [9.17, 15) is 0 Å². The van der Waals surface area contributed by atoms with Gasteiger partial charge >= 0.3 is 0 Å². The van der Waals surface area contributed by atoms with Gasteiger partial charge in [0.2, 0.25) is 0 Å². The topological polar surface area (TPSA) is 129 Å². The Morgan fingerprint density at radius 3 is 0.854 bits per heavy atom. The van der Waals surface area contributed by atoms with E-state index in [-0.39, 0.29) is 0 Å². The number of rotatable bonds is 7. The van der Waals surface area contributed by atoms with Crippen LogP contribution in [0.15, 0.2) is 148 Å². The Morgan fingerprint density at radius 1 is 0.312 bits per heavy atom. The SMILES string of the molecule is c1ccc(-c2c(-c3cncnc3)cc(-c3cc(-c4cncnc4)c(-c4ccccn4)c(-c4cncnc4)c3)cc2-c2cncnc2)nc1. The molecule has 0 unspecified atom stereocenters. The minimum Gasteiger partial charge on any atom is -0.256 e. The molecule has 2 aromatic carbocycles. The molecular formula is C38H24N10. The second-order valence-electron chi connectivity index (χ2n) is 10.8. The highest BCUT2D eigenvalue weighted by Crippen LogP contribution is 2.46. The van der Waals surface area contributed by atoms with Gasteiger partial charge in [0.25, 0.3) is 0 Å². The molecule has 0 amide bonds. The van der Waals surface area contributed by atoms with Crippen LogP contribution in [0.3, 0.4) is 0 Å². The summed E-state index contributed by atoms with van der Waals surface area (Å²) in [6.45, 7) is 0. The van der Waals surface area contributed by atoms with E-state index in [1.54, 1.807) is 12.4 Å². The van der Waals surface area contributed by atoms with Gasteiger partial charge < -0.3 is 0 Å². The Hall–Kier alpha value is -6.94. The molecule has 0 radical (unpaired) electrons. The van der Waals surface area contributed by atoms with Gasteiger partial charge in [-0.3, -0.25) is 9.97 Å². The van der Waals surface area contributed by atoms with Crippen LogP contribution in [-0.4, -0.2) is 49.8 Å². The summed E-state index contributed by atoms with van der Waals surface area (Å²) in [5, 5.41) is 0. The minimum absolute atomic E-state index is 0.802. The maximum absolute atomic E-state index is 4.76. The lowest BCUT2D eigenvalue weighted by molar-refractivity contribution is 1.16. The van der Waals surface area contributed by atoms with Gasteiger partial charge in [-0.2, -0.15) is 0 Å². The van der Waals surface area contributed by atoms with Crippen LogP contribution in [0.2, 0.25) is 0 Å². The molecule has 10 nitrogen and oxygen atoms in total. The lowest BCUT2D eigenvalue weighted by atomic mass is 9.84. The van der Waals surface area contributed by atoms with Crippen LogP contribution in [0.1, 0.15) is 0 Å². The Morgan fingerprint density at radius 2 is 0.604 bits per heavy atom. The summed E-state index contributed by atoms with van der Waals surface area (Å²) in [6.07, 6.45) is 24.2.